The summed E-state index contributed by atoms with van der Waals surface area (Å²) in [5.74, 6) is -0.295. The zero-order valence-electron chi connectivity index (χ0n) is 12.9. The molecular formula is C16H23FN2O3. The molecule has 5 nitrogen and oxygen atoms in total. The van der Waals surface area contributed by atoms with Gasteiger partial charge in [-0.1, -0.05) is 0 Å². The van der Waals surface area contributed by atoms with Gasteiger partial charge in [-0.3, -0.25) is 4.79 Å². The summed E-state index contributed by atoms with van der Waals surface area (Å²) in [7, 11) is 0. The number of hydrogen-bond acceptors (Lipinski definition) is 4. The number of halogens is 1. The highest BCUT2D eigenvalue weighted by Crippen LogP contribution is 2.26. The molecule has 1 aromatic rings. The maximum Gasteiger partial charge on any atom is 0.258 e. The van der Waals surface area contributed by atoms with Crippen LogP contribution in [0.3, 0.4) is 0 Å². The molecule has 2 N–H and O–H groups in total. The van der Waals surface area contributed by atoms with Gasteiger partial charge < -0.3 is 20.1 Å². The number of ether oxygens (including phenoxy) is 2. The Labute approximate surface area is 130 Å². The molecule has 0 bridgehead atoms. The molecule has 1 atom stereocenters. The van der Waals surface area contributed by atoms with E-state index in [0.29, 0.717) is 32.1 Å². The first kappa shape index (κ1) is 16.7. The van der Waals surface area contributed by atoms with Crippen LogP contribution in [0.15, 0.2) is 18.2 Å². The van der Waals surface area contributed by atoms with Gasteiger partial charge in [0, 0.05) is 19.7 Å². The van der Waals surface area contributed by atoms with E-state index in [9.17, 15) is 9.18 Å². The highest BCUT2D eigenvalue weighted by atomic mass is 19.1. The zero-order valence-corrected chi connectivity index (χ0v) is 12.9. The summed E-state index contributed by atoms with van der Waals surface area (Å²) in [4.78, 5) is 14.5. The fourth-order valence-electron chi connectivity index (χ4n) is 2.65. The van der Waals surface area contributed by atoms with Crippen molar-refractivity contribution in [3.63, 3.8) is 0 Å². The first-order valence-electron chi connectivity index (χ1n) is 7.68. The Bertz CT molecular complexity index is 510. The highest BCUT2D eigenvalue weighted by Gasteiger charge is 2.31. The van der Waals surface area contributed by atoms with E-state index in [1.54, 1.807) is 4.90 Å². The van der Waals surface area contributed by atoms with Crippen LogP contribution in [-0.4, -0.2) is 49.8 Å². The molecule has 1 unspecified atom stereocenters. The molecule has 1 fully saturated rings. The van der Waals surface area contributed by atoms with E-state index < -0.39 is 5.82 Å². The van der Waals surface area contributed by atoms with Crippen LogP contribution in [0.4, 0.5) is 4.39 Å². The fourth-order valence-corrected chi connectivity index (χ4v) is 2.65. The predicted molar refractivity (Wildman–Crippen MR) is 81.5 cm³/mol. The molecule has 22 heavy (non-hydrogen) atoms. The number of nitrogens with zero attached hydrogens (tertiary/aromatic N) is 1. The Morgan fingerprint density at radius 3 is 3.05 bits per heavy atom. The molecule has 1 amide bonds. The van der Waals surface area contributed by atoms with Crippen molar-refractivity contribution in [2.24, 2.45) is 5.73 Å². The Morgan fingerprint density at radius 2 is 2.32 bits per heavy atom. The Kier molecular flexibility index (Phi) is 6.15. The van der Waals surface area contributed by atoms with Crippen molar-refractivity contribution in [1.29, 1.82) is 0 Å². The standard InChI is InChI=1S/C16H23FN2O3/c1-2-21-11-13-4-3-8-19(13)16(20)14-10-12(17)5-6-15(14)22-9-7-18/h5-6,10,13H,2-4,7-9,11,18H2,1H3. The third kappa shape index (κ3) is 3.96. The molecule has 0 spiro atoms. The van der Waals surface area contributed by atoms with Crippen molar-refractivity contribution in [3.8, 4) is 5.75 Å². The third-order valence-electron chi connectivity index (χ3n) is 3.70. The van der Waals surface area contributed by atoms with E-state index >= 15 is 0 Å². The van der Waals surface area contributed by atoms with E-state index in [2.05, 4.69) is 0 Å². The van der Waals surface area contributed by atoms with E-state index in [1.807, 2.05) is 6.92 Å². The topological polar surface area (TPSA) is 64.8 Å². The number of amides is 1. The van der Waals surface area contributed by atoms with Crippen molar-refractivity contribution in [2.75, 3.05) is 32.9 Å². The van der Waals surface area contributed by atoms with Crippen LogP contribution in [0.2, 0.25) is 0 Å². The molecule has 122 valence electrons. The summed E-state index contributed by atoms with van der Waals surface area (Å²) in [6, 6.07) is 4.03. The van der Waals surface area contributed by atoms with E-state index in [-0.39, 0.29) is 24.1 Å². The van der Waals surface area contributed by atoms with Crippen LogP contribution in [-0.2, 0) is 4.74 Å². The van der Waals surface area contributed by atoms with Crippen molar-refractivity contribution < 1.29 is 18.7 Å². The van der Waals surface area contributed by atoms with Crippen molar-refractivity contribution in [2.45, 2.75) is 25.8 Å². The Balaban J connectivity index is 2.18. The lowest BCUT2D eigenvalue weighted by Crippen LogP contribution is -2.38. The smallest absolute Gasteiger partial charge is 0.258 e. The monoisotopic (exact) mass is 310 g/mol. The highest BCUT2D eigenvalue weighted by molar-refractivity contribution is 5.97. The summed E-state index contributed by atoms with van der Waals surface area (Å²) < 4.78 is 24.4. The second kappa shape index (κ2) is 8.10. The van der Waals surface area contributed by atoms with Gasteiger partial charge in [-0.05, 0) is 38.0 Å². The molecule has 1 aliphatic rings. The zero-order chi connectivity index (χ0) is 15.9. The first-order chi connectivity index (χ1) is 10.7. The Morgan fingerprint density at radius 1 is 1.50 bits per heavy atom. The van der Waals surface area contributed by atoms with Crippen LogP contribution >= 0.6 is 0 Å². The number of carbonyl (C=O) groups excluding carboxylic acids is 1. The minimum atomic E-state index is -0.455. The summed E-state index contributed by atoms with van der Waals surface area (Å²) >= 11 is 0. The second-order valence-electron chi connectivity index (χ2n) is 5.23. The molecule has 1 aliphatic heterocycles. The lowest BCUT2D eigenvalue weighted by atomic mass is 10.1. The van der Waals surface area contributed by atoms with Crippen LogP contribution < -0.4 is 10.5 Å². The fraction of sp³-hybridized carbons (Fsp3) is 0.562. The van der Waals surface area contributed by atoms with Gasteiger partial charge in [0.1, 0.15) is 18.2 Å². The van der Waals surface area contributed by atoms with Gasteiger partial charge in [-0.15, -0.1) is 0 Å². The van der Waals surface area contributed by atoms with Crippen molar-refractivity contribution in [3.05, 3.63) is 29.6 Å². The van der Waals surface area contributed by atoms with Gasteiger partial charge in [-0.25, -0.2) is 4.39 Å². The number of rotatable bonds is 7. The number of carbonyl (C=O) groups is 1. The van der Waals surface area contributed by atoms with E-state index in [1.165, 1.54) is 18.2 Å². The molecule has 2 rings (SSSR count). The molecule has 1 aromatic carbocycles. The summed E-state index contributed by atoms with van der Waals surface area (Å²) in [5, 5.41) is 0. The molecule has 0 aromatic heterocycles. The van der Waals surface area contributed by atoms with Crippen molar-refractivity contribution >= 4 is 5.91 Å². The summed E-state index contributed by atoms with van der Waals surface area (Å²) in [6.45, 7) is 4.33. The quantitative estimate of drug-likeness (QED) is 0.834. The molecule has 0 saturated carbocycles. The van der Waals surface area contributed by atoms with Gasteiger partial charge in [-0.2, -0.15) is 0 Å². The molecular weight excluding hydrogens is 287 g/mol. The van der Waals surface area contributed by atoms with Gasteiger partial charge >= 0.3 is 0 Å². The number of benzene rings is 1. The molecule has 6 heteroatoms. The maximum absolute atomic E-state index is 13.5. The maximum atomic E-state index is 13.5. The van der Waals surface area contributed by atoms with E-state index in [0.717, 1.165) is 12.8 Å². The molecule has 0 radical (unpaired) electrons. The van der Waals surface area contributed by atoms with Crippen LogP contribution in [0.5, 0.6) is 5.75 Å². The van der Waals surface area contributed by atoms with E-state index in [4.69, 9.17) is 15.2 Å². The largest absolute Gasteiger partial charge is 0.491 e. The predicted octanol–water partition coefficient (Wildman–Crippen LogP) is 1.80. The second-order valence-corrected chi connectivity index (χ2v) is 5.23. The lowest BCUT2D eigenvalue weighted by molar-refractivity contribution is 0.0560. The Hall–Kier alpha value is -1.66. The number of hydrogen-bond donors (Lipinski definition) is 1. The minimum absolute atomic E-state index is 0.0399. The third-order valence-corrected chi connectivity index (χ3v) is 3.70. The average molecular weight is 310 g/mol. The summed E-state index contributed by atoms with van der Waals surface area (Å²) in [6.07, 6.45) is 1.83. The van der Waals surface area contributed by atoms with Crippen LogP contribution in [0, 0.1) is 5.82 Å². The van der Waals surface area contributed by atoms with Gasteiger partial charge in [0.05, 0.1) is 18.2 Å². The SMILES string of the molecule is CCOCC1CCCN1C(=O)c1cc(F)ccc1OCCN. The van der Waals surface area contributed by atoms with Gasteiger partial charge in [0.2, 0.25) is 0 Å². The molecule has 1 heterocycles. The normalized spacial score (nSPS) is 17.8. The van der Waals surface area contributed by atoms with Crippen LogP contribution in [0.25, 0.3) is 0 Å². The minimum Gasteiger partial charge on any atom is -0.491 e. The number of nitrogens with two attached hydrogens (primary N) is 1. The van der Waals surface area contributed by atoms with Crippen LogP contribution in [0.1, 0.15) is 30.1 Å². The summed E-state index contributed by atoms with van der Waals surface area (Å²) in [5.41, 5.74) is 5.67. The molecule has 1 saturated heterocycles. The lowest BCUT2D eigenvalue weighted by Gasteiger charge is -2.25. The molecule has 0 aliphatic carbocycles. The van der Waals surface area contributed by atoms with Gasteiger partial charge in [0.15, 0.2) is 0 Å². The average Bonchev–Trinajstić information content (AvgIpc) is 2.99. The first-order valence-corrected chi connectivity index (χ1v) is 7.68. The van der Waals surface area contributed by atoms with Gasteiger partial charge in [0.25, 0.3) is 5.91 Å². The number of likely N-dealkylation sites (tertiary alicyclic amines) is 1. The van der Waals surface area contributed by atoms with Crippen molar-refractivity contribution in [1.82, 2.24) is 4.90 Å².